The van der Waals surface area contributed by atoms with Gasteiger partial charge in [0.15, 0.2) is 5.16 Å². The molecule has 1 fully saturated rings. The van der Waals surface area contributed by atoms with E-state index in [0.29, 0.717) is 11.7 Å². The number of nitrogens with one attached hydrogen (secondary N) is 1. The van der Waals surface area contributed by atoms with Gasteiger partial charge in [-0.1, -0.05) is 36.7 Å². The van der Waals surface area contributed by atoms with Crippen LogP contribution in [0.4, 0.5) is 5.69 Å². The number of anilines is 1. The molecule has 1 N–H and O–H groups in total. The SMILES string of the molecule is Cc1ccc(C)c(NC(=O)CSc2nnc(C3CCCC3)n2C)c1. The summed E-state index contributed by atoms with van der Waals surface area (Å²) in [5.74, 6) is 1.91. The highest BCUT2D eigenvalue weighted by molar-refractivity contribution is 7.99. The number of aryl methyl sites for hydroxylation is 2. The Morgan fingerprint density at radius 3 is 2.79 bits per heavy atom. The Morgan fingerprint density at radius 1 is 1.29 bits per heavy atom. The Kier molecular flexibility index (Phi) is 5.23. The molecule has 0 spiro atoms. The second-order valence-electron chi connectivity index (χ2n) is 6.54. The predicted octanol–water partition coefficient (Wildman–Crippen LogP) is 3.82. The zero-order chi connectivity index (χ0) is 17.1. The average molecular weight is 344 g/mol. The third kappa shape index (κ3) is 3.80. The van der Waals surface area contributed by atoms with Crippen LogP contribution in [0.5, 0.6) is 0 Å². The molecular formula is C18H24N4OS. The number of benzene rings is 1. The summed E-state index contributed by atoms with van der Waals surface area (Å²) >= 11 is 1.44. The fraction of sp³-hybridized carbons (Fsp3) is 0.500. The summed E-state index contributed by atoms with van der Waals surface area (Å²) in [7, 11) is 2.00. The molecule has 6 heteroatoms. The van der Waals surface area contributed by atoms with Crippen molar-refractivity contribution in [1.29, 1.82) is 0 Å². The number of thioether (sulfide) groups is 1. The van der Waals surface area contributed by atoms with Gasteiger partial charge in [0.1, 0.15) is 5.82 Å². The van der Waals surface area contributed by atoms with Crippen molar-refractivity contribution in [2.24, 2.45) is 7.05 Å². The van der Waals surface area contributed by atoms with E-state index < -0.39 is 0 Å². The second kappa shape index (κ2) is 7.38. The molecule has 2 aromatic rings. The molecule has 1 aliphatic carbocycles. The van der Waals surface area contributed by atoms with Crippen LogP contribution in [-0.4, -0.2) is 26.4 Å². The van der Waals surface area contributed by atoms with Gasteiger partial charge in [0.25, 0.3) is 0 Å². The zero-order valence-electron chi connectivity index (χ0n) is 14.5. The zero-order valence-corrected chi connectivity index (χ0v) is 15.3. The van der Waals surface area contributed by atoms with Gasteiger partial charge in [0.05, 0.1) is 5.75 Å². The average Bonchev–Trinajstić information content (AvgIpc) is 3.18. The third-order valence-corrected chi connectivity index (χ3v) is 5.61. The number of hydrogen-bond donors (Lipinski definition) is 1. The van der Waals surface area contributed by atoms with E-state index in [1.807, 2.05) is 43.7 Å². The molecule has 0 bridgehead atoms. The molecular weight excluding hydrogens is 320 g/mol. The van der Waals surface area contributed by atoms with E-state index in [4.69, 9.17) is 0 Å². The number of aromatic nitrogens is 3. The number of amides is 1. The molecule has 1 aromatic heterocycles. The van der Waals surface area contributed by atoms with Gasteiger partial charge in [0.2, 0.25) is 5.91 Å². The molecule has 0 saturated heterocycles. The lowest BCUT2D eigenvalue weighted by molar-refractivity contribution is -0.113. The van der Waals surface area contributed by atoms with Gasteiger partial charge >= 0.3 is 0 Å². The highest BCUT2D eigenvalue weighted by Gasteiger charge is 2.23. The highest BCUT2D eigenvalue weighted by Crippen LogP contribution is 2.33. The monoisotopic (exact) mass is 344 g/mol. The summed E-state index contributed by atoms with van der Waals surface area (Å²) in [6, 6.07) is 6.07. The van der Waals surface area contributed by atoms with Crippen LogP contribution in [-0.2, 0) is 11.8 Å². The van der Waals surface area contributed by atoms with Gasteiger partial charge in [-0.15, -0.1) is 10.2 Å². The van der Waals surface area contributed by atoms with Crippen LogP contribution in [0.15, 0.2) is 23.4 Å². The minimum Gasteiger partial charge on any atom is -0.325 e. The predicted molar refractivity (Wildman–Crippen MR) is 97.5 cm³/mol. The molecule has 1 aromatic carbocycles. The molecule has 3 rings (SSSR count). The quantitative estimate of drug-likeness (QED) is 0.838. The van der Waals surface area contributed by atoms with Crippen molar-refractivity contribution >= 4 is 23.4 Å². The molecule has 1 aliphatic rings. The van der Waals surface area contributed by atoms with Gasteiger partial charge in [-0.05, 0) is 43.9 Å². The van der Waals surface area contributed by atoms with Gasteiger partial charge in [-0.2, -0.15) is 0 Å². The lowest BCUT2D eigenvalue weighted by Gasteiger charge is -2.10. The molecule has 5 nitrogen and oxygen atoms in total. The lowest BCUT2D eigenvalue weighted by Crippen LogP contribution is -2.15. The Hall–Kier alpha value is -1.82. The van der Waals surface area contributed by atoms with Crippen molar-refractivity contribution in [1.82, 2.24) is 14.8 Å². The van der Waals surface area contributed by atoms with Crippen LogP contribution in [0.1, 0.15) is 48.6 Å². The summed E-state index contributed by atoms with van der Waals surface area (Å²) in [6.45, 7) is 4.02. The van der Waals surface area contributed by atoms with Crippen molar-refractivity contribution in [2.75, 3.05) is 11.1 Å². The van der Waals surface area contributed by atoms with Gasteiger partial charge in [0, 0.05) is 18.7 Å². The van der Waals surface area contributed by atoms with Crippen LogP contribution < -0.4 is 5.32 Å². The maximum atomic E-state index is 12.2. The van der Waals surface area contributed by atoms with Crippen LogP contribution in [0.3, 0.4) is 0 Å². The molecule has 0 aliphatic heterocycles. The standard InChI is InChI=1S/C18H24N4OS/c1-12-8-9-13(2)15(10-12)19-16(23)11-24-18-21-20-17(22(18)3)14-6-4-5-7-14/h8-10,14H,4-7,11H2,1-3H3,(H,19,23). The number of hydrogen-bond acceptors (Lipinski definition) is 4. The Morgan fingerprint density at radius 2 is 2.04 bits per heavy atom. The van der Waals surface area contributed by atoms with Crippen molar-refractivity contribution in [3.05, 3.63) is 35.2 Å². The molecule has 1 amide bonds. The first-order valence-electron chi connectivity index (χ1n) is 8.44. The van der Waals surface area contributed by atoms with Crippen LogP contribution >= 0.6 is 11.8 Å². The minimum atomic E-state index is -0.0147. The fourth-order valence-electron chi connectivity index (χ4n) is 3.18. The second-order valence-corrected chi connectivity index (χ2v) is 7.48. The smallest absolute Gasteiger partial charge is 0.234 e. The molecule has 24 heavy (non-hydrogen) atoms. The summed E-state index contributed by atoms with van der Waals surface area (Å²) < 4.78 is 2.05. The summed E-state index contributed by atoms with van der Waals surface area (Å²) in [4.78, 5) is 12.2. The van der Waals surface area contributed by atoms with E-state index in [0.717, 1.165) is 27.8 Å². The van der Waals surface area contributed by atoms with E-state index >= 15 is 0 Å². The normalized spacial score (nSPS) is 15.0. The minimum absolute atomic E-state index is 0.0147. The van der Waals surface area contributed by atoms with Crippen LogP contribution in [0.2, 0.25) is 0 Å². The number of carbonyl (C=O) groups is 1. The first-order chi connectivity index (χ1) is 11.5. The summed E-state index contributed by atoms with van der Waals surface area (Å²) in [5, 5.41) is 12.4. The Labute approximate surface area is 147 Å². The van der Waals surface area contributed by atoms with Crippen molar-refractivity contribution < 1.29 is 4.79 Å². The Bertz CT molecular complexity index is 735. The molecule has 0 radical (unpaired) electrons. The van der Waals surface area contributed by atoms with E-state index in [1.54, 1.807) is 0 Å². The van der Waals surface area contributed by atoms with E-state index in [2.05, 4.69) is 15.5 Å². The maximum absolute atomic E-state index is 12.2. The fourth-order valence-corrected chi connectivity index (χ4v) is 3.90. The van der Waals surface area contributed by atoms with E-state index in [-0.39, 0.29) is 5.91 Å². The molecule has 0 atom stereocenters. The molecule has 128 valence electrons. The number of rotatable bonds is 5. The summed E-state index contributed by atoms with van der Waals surface area (Å²) in [6.07, 6.45) is 4.95. The number of nitrogens with zero attached hydrogens (tertiary/aromatic N) is 3. The van der Waals surface area contributed by atoms with Crippen LogP contribution in [0.25, 0.3) is 0 Å². The molecule has 1 saturated carbocycles. The molecule has 0 unspecified atom stereocenters. The van der Waals surface area contributed by atoms with Crippen molar-refractivity contribution in [3.8, 4) is 0 Å². The van der Waals surface area contributed by atoms with Crippen LogP contribution in [0, 0.1) is 13.8 Å². The third-order valence-electron chi connectivity index (χ3n) is 4.59. The Balaban J connectivity index is 1.59. The van der Waals surface area contributed by atoms with Crippen molar-refractivity contribution in [2.45, 2.75) is 50.6 Å². The summed E-state index contributed by atoms with van der Waals surface area (Å²) in [5.41, 5.74) is 3.09. The topological polar surface area (TPSA) is 59.8 Å². The molecule has 1 heterocycles. The van der Waals surface area contributed by atoms with Gasteiger partial charge in [-0.25, -0.2) is 0 Å². The van der Waals surface area contributed by atoms with Gasteiger partial charge < -0.3 is 9.88 Å². The largest absolute Gasteiger partial charge is 0.325 e. The van der Waals surface area contributed by atoms with Gasteiger partial charge in [-0.3, -0.25) is 4.79 Å². The lowest BCUT2D eigenvalue weighted by atomic mass is 10.1. The highest BCUT2D eigenvalue weighted by atomic mass is 32.2. The van der Waals surface area contributed by atoms with Crippen molar-refractivity contribution in [3.63, 3.8) is 0 Å². The van der Waals surface area contributed by atoms with E-state index in [1.165, 1.54) is 37.4 Å². The number of carbonyl (C=O) groups excluding carboxylic acids is 1. The maximum Gasteiger partial charge on any atom is 0.234 e. The first kappa shape index (κ1) is 17.0. The first-order valence-corrected chi connectivity index (χ1v) is 9.42. The van der Waals surface area contributed by atoms with E-state index in [9.17, 15) is 4.79 Å².